The SMILES string of the molecule is O=C(NCC(O)C(O)c1ccc(-c2ccncc2)cc1)OCc1ccccc1. The number of alkyl carbamates (subject to hydrolysis) is 1. The molecule has 2 atom stereocenters. The molecule has 1 aromatic heterocycles. The lowest BCUT2D eigenvalue weighted by Gasteiger charge is -2.19. The monoisotopic (exact) mass is 378 g/mol. The second-order valence-electron chi connectivity index (χ2n) is 6.31. The topological polar surface area (TPSA) is 91.7 Å². The van der Waals surface area contributed by atoms with Crippen molar-refractivity contribution in [2.24, 2.45) is 0 Å². The Hall–Kier alpha value is -3.22. The minimum atomic E-state index is -1.16. The molecule has 6 heteroatoms. The lowest BCUT2D eigenvalue weighted by atomic mass is 10.00. The summed E-state index contributed by atoms with van der Waals surface area (Å²) in [6.07, 6.45) is 0.495. The standard InChI is InChI=1S/C22H22N2O4/c25-20(14-24-22(27)28-15-16-4-2-1-3-5-16)21(26)19-8-6-17(7-9-19)18-10-12-23-13-11-18/h1-13,20-21,25-26H,14-15H2,(H,24,27). The van der Waals surface area contributed by atoms with E-state index in [2.05, 4.69) is 10.3 Å². The van der Waals surface area contributed by atoms with Gasteiger partial charge in [-0.2, -0.15) is 0 Å². The van der Waals surface area contributed by atoms with Crippen LogP contribution in [0.2, 0.25) is 0 Å². The van der Waals surface area contributed by atoms with Gasteiger partial charge in [-0.15, -0.1) is 0 Å². The van der Waals surface area contributed by atoms with Gasteiger partial charge in [0.05, 0.1) is 0 Å². The van der Waals surface area contributed by atoms with Gasteiger partial charge < -0.3 is 20.3 Å². The first-order valence-corrected chi connectivity index (χ1v) is 8.94. The molecule has 2 unspecified atom stereocenters. The number of rotatable bonds is 7. The molecule has 2 aromatic carbocycles. The minimum Gasteiger partial charge on any atom is -0.445 e. The summed E-state index contributed by atoms with van der Waals surface area (Å²) in [4.78, 5) is 15.7. The number of amides is 1. The number of hydrogen-bond acceptors (Lipinski definition) is 5. The van der Waals surface area contributed by atoms with Crippen molar-refractivity contribution in [3.05, 3.63) is 90.3 Å². The normalized spacial score (nSPS) is 12.8. The third-order valence-corrected chi connectivity index (χ3v) is 4.30. The summed E-state index contributed by atoms with van der Waals surface area (Å²) in [5, 5.41) is 22.9. The largest absolute Gasteiger partial charge is 0.445 e. The zero-order valence-corrected chi connectivity index (χ0v) is 15.2. The van der Waals surface area contributed by atoms with E-state index in [1.54, 1.807) is 24.5 Å². The molecule has 0 saturated heterocycles. The molecular weight excluding hydrogens is 356 g/mol. The van der Waals surface area contributed by atoms with Crippen LogP contribution in [0.1, 0.15) is 17.2 Å². The number of carbonyl (C=O) groups is 1. The Morgan fingerprint density at radius 3 is 2.25 bits per heavy atom. The van der Waals surface area contributed by atoms with Crippen molar-refractivity contribution in [3.63, 3.8) is 0 Å². The van der Waals surface area contributed by atoms with Crippen LogP contribution in [0, 0.1) is 0 Å². The number of aliphatic hydroxyl groups is 2. The molecule has 6 nitrogen and oxygen atoms in total. The minimum absolute atomic E-state index is 0.124. The van der Waals surface area contributed by atoms with Crippen molar-refractivity contribution in [1.29, 1.82) is 0 Å². The maximum Gasteiger partial charge on any atom is 0.407 e. The highest BCUT2D eigenvalue weighted by molar-refractivity contribution is 5.67. The second kappa shape index (κ2) is 9.64. The van der Waals surface area contributed by atoms with Gasteiger partial charge in [-0.05, 0) is 34.4 Å². The zero-order valence-electron chi connectivity index (χ0n) is 15.2. The summed E-state index contributed by atoms with van der Waals surface area (Å²) >= 11 is 0. The van der Waals surface area contributed by atoms with E-state index in [9.17, 15) is 15.0 Å². The van der Waals surface area contributed by atoms with Gasteiger partial charge in [-0.1, -0.05) is 54.6 Å². The Morgan fingerprint density at radius 1 is 0.929 bits per heavy atom. The van der Waals surface area contributed by atoms with Crippen molar-refractivity contribution in [1.82, 2.24) is 10.3 Å². The Labute approximate surface area is 163 Å². The number of benzene rings is 2. The molecule has 3 aromatic rings. The second-order valence-corrected chi connectivity index (χ2v) is 6.31. The maximum atomic E-state index is 11.8. The summed E-state index contributed by atoms with van der Waals surface area (Å²) in [5.41, 5.74) is 3.42. The van der Waals surface area contributed by atoms with Crippen LogP contribution in [0.25, 0.3) is 11.1 Å². The molecular formula is C22H22N2O4. The van der Waals surface area contributed by atoms with Gasteiger partial charge in [0.2, 0.25) is 0 Å². The number of hydrogen-bond donors (Lipinski definition) is 3. The third kappa shape index (κ3) is 5.39. The molecule has 0 aliphatic carbocycles. The summed E-state index contributed by atoms with van der Waals surface area (Å²) in [7, 11) is 0. The van der Waals surface area contributed by atoms with E-state index >= 15 is 0 Å². The third-order valence-electron chi connectivity index (χ3n) is 4.30. The van der Waals surface area contributed by atoms with Crippen molar-refractivity contribution in [3.8, 4) is 11.1 Å². The molecule has 0 aliphatic rings. The lowest BCUT2D eigenvalue weighted by molar-refractivity contribution is 0.0184. The fraction of sp³-hybridized carbons (Fsp3) is 0.182. The van der Waals surface area contributed by atoms with Crippen LogP contribution in [0.15, 0.2) is 79.1 Å². The van der Waals surface area contributed by atoms with E-state index in [1.807, 2.05) is 54.6 Å². The molecule has 28 heavy (non-hydrogen) atoms. The van der Waals surface area contributed by atoms with Crippen molar-refractivity contribution in [2.45, 2.75) is 18.8 Å². The van der Waals surface area contributed by atoms with Gasteiger partial charge in [-0.25, -0.2) is 4.79 Å². The Balaban J connectivity index is 1.48. The van der Waals surface area contributed by atoms with E-state index in [1.165, 1.54) is 0 Å². The number of nitrogens with zero attached hydrogens (tertiary/aromatic N) is 1. The van der Waals surface area contributed by atoms with Crippen LogP contribution in [0.3, 0.4) is 0 Å². The van der Waals surface area contributed by atoms with Gasteiger partial charge in [0.25, 0.3) is 0 Å². The molecule has 0 bridgehead atoms. The van der Waals surface area contributed by atoms with Gasteiger partial charge >= 0.3 is 6.09 Å². The van der Waals surface area contributed by atoms with Crippen LogP contribution < -0.4 is 5.32 Å². The Morgan fingerprint density at radius 2 is 1.57 bits per heavy atom. The number of nitrogens with one attached hydrogen (secondary N) is 1. The maximum absolute atomic E-state index is 11.8. The van der Waals surface area contributed by atoms with Crippen LogP contribution in [-0.2, 0) is 11.3 Å². The number of ether oxygens (including phenoxy) is 1. The molecule has 0 saturated carbocycles. The van der Waals surface area contributed by atoms with Gasteiger partial charge in [0, 0.05) is 18.9 Å². The quantitative estimate of drug-likeness (QED) is 0.588. The lowest BCUT2D eigenvalue weighted by Crippen LogP contribution is -2.35. The molecule has 0 spiro atoms. The number of carbonyl (C=O) groups excluding carboxylic acids is 1. The smallest absolute Gasteiger partial charge is 0.407 e. The van der Waals surface area contributed by atoms with Crippen molar-refractivity contribution in [2.75, 3.05) is 6.54 Å². The molecule has 3 rings (SSSR count). The zero-order chi connectivity index (χ0) is 19.8. The van der Waals surface area contributed by atoms with E-state index in [0.717, 1.165) is 16.7 Å². The van der Waals surface area contributed by atoms with Crippen molar-refractivity contribution < 1.29 is 19.7 Å². The highest BCUT2D eigenvalue weighted by Crippen LogP contribution is 2.23. The molecule has 1 amide bonds. The van der Waals surface area contributed by atoms with E-state index in [-0.39, 0.29) is 13.2 Å². The fourth-order valence-corrected chi connectivity index (χ4v) is 2.71. The summed E-state index contributed by atoms with van der Waals surface area (Å²) in [6.45, 7) is 0.0166. The van der Waals surface area contributed by atoms with E-state index in [4.69, 9.17) is 4.74 Å². The van der Waals surface area contributed by atoms with Crippen LogP contribution >= 0.6 is 0 Å². The Bertz CT molecular complexity index is 870. The first-order chi connectivity index (χ1) is 13.6. The highest BCUT2D eigenvalue weighted by Gasteiger charge is 2.19. The predicted octanol–water partition coefficient (Wildman–Crippen LogP) is 3.07. The molecule has 1 heterocycles. The molecule has 0 fully saturated rings. The van der Waals surface area contributed by atoms with Crippen LogP contribution in [0.5, 0.6) is 0 Å². The van der Waals surface area contributed by atoms with Gasteiger partial charge in [0.1, 0.15) is 18.8 Å². The van der Waals surface area contributed by atoms with Crippen molar-refractivity contribution >= 4 is 6.09 Å². The molecule has 3 N–H and O–H groups in total. The average molecular weight is 378 g/mol. The molecule has 0 aliphatic heterocycles. The number of aromatic nitrogens is 1. The first kappa shape index (κ1) is 19.5. The van der Waals surface area contributed by atoms with Crippen LogP contribution in [0.4, 0.5) is 4.79 Å². The summed E-state index contributed by atoms with van der Waals surface area (Å²) in [6, 6.07) is 20.3. The number of aliphatic hydroxyl groups excluding tert-OH is 2. The highest BCUT2D eigenvalue weighted by atomic mass is 16.5. The Kier molecular flexibility index (Phi) is 6.73. The fourth-order valence-electron chi connectivity index (χ4n) is 2.71. The van der Waals surface area contributed by atoms with Gasteiger partial charge in [-0.3, -0.25) is 4.98 Å². The van der Waals surface area contributed by atoms with Gasteiger partial charge in [0.15, 0.2) is 0 Å². The predicted molar refractivity (Wildman–Crippen MR) is 105 cm³/mol. The summed E-state index contributed by atoms with van der Waals surface area (Å²) in [5.74, 6) is 0. The average Bonchev–Trinajstić information content (AvgIpc) is 2.77. The number of pyridine rings is 1. The van der Waals surface area contributed by atoms with Crippen LogP contribution in [-0.4, -0.2) is 33.9 Å². The molecule has 0 radical (unpaired) electrons. The van der Waals surface area contributed by atoms with E-state index < -0.39 is 18.3 Å². The van der Waals surface area contributed by atoms with E-state index in [0.29, 0.717) is 5.56 Å². The first-order valence-electron chi connectivity index (χ1n) is 8.94. The summed E-state index contributed by atoms with van der Waals surface area (Å²) < 4.78 is 5.08. The molecule has 144 valence electrons.